The highest BCUT2D eigenvalue weighted by atomic mass is 33.1. The lowest BCUT2D eigenvalue weighted by Gasteiger charge is -2.37. The molecule has 282 valence electrons. The number of aliphatic imine (C=N–C) groups is 1. The summed E-state index contributed by atoms with van der Waals surface area (Å²) in [6.07, 6.45) is -0.980. The third-order valence-corrected chi connectivity index (χ3v) is 15.5. The molecule has 1 fully saturated rings. The minimum Gasteiger partial charge on any atom is -0.414 e. The Morgan fingerprint density at radius 3 is 2.65 bits per heavy atom. The highest BCUT2D eigenvalue weighted by Crippen LogP contribution is 2.40. The lowest BCUT2D eigenvalue weighted by molar-refractivity contribution is -0.173. The SMILES string of the molecule is CN(C)/C=N/c1ncnc2c1c(C#CCOCSSC(C)(C)CNC(=O)C(F)(F)F)cn2[C@H]1CC(OCN=[N+]=[N-])[C@@H](CO[Si](C)(C)C(C)(C)C)O1. The van der Waals surface area contributed by atoms with E-state index in [-0.39, 0.29) is 30.9 Å². The van der Waals surface area contributed by atoms with Crippen molar-refractivity contribution in [2.75, 3.05) is 46.5 Å². The van der Waals surface area contributed by atoms with Gasteiger partial charge in [0.05, 0.1) is 30.0 Å². The molecule has 1 unspecified atom stereocenters. The van der Waals surface area contributed by atoms with Crippen LogP contribution in [-0.4, -0.2) is 110 Å². The molecule has 1 aliphatic rings. The number of amides is 1. The first-order valence-electron chi connectivity index (χ1n) is 16.0. The average molecular weight is 774 g/mol. The van der Waals surface area contributed by atoms with Gasteiger partial charge in [-0.15, -0.1) is 0 Å². The second kappa shape index (κ2) is 18.1. The maximum atomic E-state index is 12.5. The molecule has 0 saturated carbocycles. The molecule has 3 atom stereocenters. The number of nitrogens with one attached hydrogen (secondary N) is 1. The highest BCUT2D eigenvalue weighted by Gasteiger charge is 2.42. The molecule has 0 radical (unpaired) electrons. The van der Waals surface area contributed by atoms with Gasteiger partial charge in [-0.05, 0) is 37.5 Å². The van der Waals surface area contributed by atoms with Crippen LogP contribution in [0.4, 0.5) is 19.0 Å². The summed E-state index contributed by atoms with van der Waals surface area (Å²) in [5.74, 6) is 4.81. The number of fused-ring (bicyclic) bond motifs is 1. The molecule has 1 N–H and O–H groups in total. The van der Waals surface area contributed by atoms with Gasteiger partial charge >= 0.3 is 12.1 Å². The first-order chi connectivity index (χ1) is 23.8. The number of ether oxygens (including phenoxy) is 3. The summed E-state index contributed by atoms with van der Waals surface area (Å²) in [5, 5.41) is 6.07. The first-order valence-corrected chi connectivity index (χ1v) is 21.2. The summed E-state index contributed by atoms with van der Waals surface area (Å²) in [6.45, 7) is 14.3. The van der Waals surface area contributed by atoms with Gasteiger partial charge in [-0.2, -0.15) is 13.2 Å². The van der Waals surface area contributed by atoms with Gasteiger partial charge in [-0.1, -0.05) is 59.3 Å². The number of hydrogen-bond donors (Lipinski definition) is 1. The minimum atomic E-state index is -4.93. The number of rotatable bonds is 16. The van der Waals surface area contributed by atoms with Crippen LogP contribution in [0.5, 0.6) is 0 Å². The van der Waals surface area contributed by atoms with Crippen LogP contribution in [0.2, 0.25) is 18.1 Å². The van der Waals surface area contributed by atoms with Crippen LogP contribution in [0.25, 0.3) is 21.5 Å². The molecule has 2 aromatic heterocycles. The number of carbonyl (C=O) groups excluding carboxylic acids is 1. The van der Waals surface area contributed by atoms with Crippen LogP contribution < -0.4 is 5.32 Å². The summed E-state index contributed by atoms with van der Waals surface area (Å²) in [6, 6.07) is 0. The van der Waals surface area contributed by atoms with E-state index in [1.807, 2.05) is 30.2 Å². The molecule has 0 aromatic carbocycles. The molecule has 1 amide bonds. The van der Waals surface area contributed by atoms with Crippen molar-refractivity contribution >= 4 is 59.0 Å². The topological polar surface area (TPSA) is 161 Å². The largest absolute Gasteiger partial charge is 0.471 e. The molecule has 2 aromatic rings. The maximum absolute atomic E-state index is 12.5. The predicted molar refractivity (Wildman–Crippen MR) is 196 cm³/mol. The Labute approximate surface area is 305 Å². The van der Waals surface area contributed by atoms with Gasteiger partial charge in [0.2, 0.25) is 0 Å². The monoisotopic (exact) mass is 773 g/mol. The molecule has 1 aliphatic heterocycles. The van der Waals surface area contributed by atoms with E-state index in [2.05, 4.69) is 70.7 Å². The second-order valence-corrected chi connectivity index (χ2v) is 21.7. The molecule has 1 saturated heterocycles. The molecule has 0 spiro atoms. The Morgan fingerprint density at radius 2 is 2.00 bits per heavy atom. The van der Waals surface area contributed by atoms with Gasteiger partial charge in [0.25, 0.3) is 0 Å². The molecule has 3 heterocycles. The summed E-state index contributed by atoms with van der Waals surface area (Å²) in [7, 11) is 4.17. The Morgan fingerprint density at radius 1 is 1.27 bits per heavy atom. The number of carbonyl (C=O) groups is 1. The normalized spacial score (nSPS) is 18.5. The molecule has 14 nitrogen and oxygen atoms in total. The van der Waals surface area contributed by atoms with E-state index in [0.29, 0.717) is 35.4 Å². The van der Waals surface area contributed by atoms with E-state index in [1.54, 1.807) is 25.1 Å². The fourth-order valence-corrected chi connectivity index (χ4v) is 7.52. The van der Waals surface area contributed by atoms with Crippen molar-refractivity contribution in [2.24, 2.45) is 10.1 Å². The number of aromatic nitrogens is 3. The van der Waals surface area contributed by atoms with Crippen LogP contribution in [0.15, 0.2) is 22.6 Å². The third kappa shape index (κ3) is 12.6. The Balaban J connectivity index is 1.79. The fourth-order valence-electron chi connectivity index (χ4n) is 4.37. The Hall–Kier alpha value is -3.02. The highest BCUT2D eigenvalue weighted by molar-refractivity contribution is 8.77. The smallest absolute Gasteiger partial charge is 0.414 e. The molecule has 20 heteroatoms. The lowest BCUT2D eigenvalue weighted by atomic mass is 10.2. The number of azide groups is 1. The minimum absolute atomic E-state index is 0.00633. The molecule has 3 rings (SSSR count). The number of nitrogens with zero attached hydrogens (tertiary/aromatic N) is 8. The maximum Gasteiger partial charge on any atom is 0.471 e. The zero-order valence-electron chi connectivity index (χ0n) is 30.3. The molecular formula is C31H46F3N9O5S2Si. The van der Waals surface area contributed by atoms with Gasteiger partial charge in [-0.3, -0.25) is 4.79 Å². The Kier molecular flexibility index (Phi) is 15.1. The van der Waals surface area contributed by atoms with E-state index < -0.39 is 43.6 Å². The number of halogens is 3. The second-order valence-electron chi connectivity index (χ2n) is 14.0. The van der Waals surface area contributed by atoms with Crippen molar-refractivity contribution in [1.82, 2.24) is 24.8 Å². The average Bonchev–Trinajstić information content (AvgIpc) is 3.61. The summed E-state index contributed by atoms with van der Waals surface area (Å²) >= 11 is 0. The van der Waals surface area contributed by atoms with Crippen LogP contribution in [0, 0.1) is 11.8 Å². The molecule has 0 aliphatic carbocycles. The predicted octanol–water partition coefficient (Wildman–Crippen LogP) is 6.78. The van der Waals surface area contributed by atoms with Crippen LogP contribution in [-0.2, 0) is 23.4 Å². The third-order valence-electron chi connectivity index (χ3n) is 8.06. The van der Waals surface area contributed by atoms with E-state index in [1.165, 1.54) is 27.9 Å². The fraction of sp³-hybridized carbons (Fsp3) is 0.677. The zero-order chi connectivity index (χ0) is 38.0. The lowest BCUT2D eigenvalue weighted by Crippen LogP contribution is -2.44. The van der Waals surface area contributed by atoms with E-state index in [9.17, 15) is 18.0 Å². The van der Waals surface area contributed by atoms with E-state index in [4.69, 9.17) is 24.2 Å². The van der Waals surface area contributed by atoms with Crippen molar-refractivity contribution in [2.45, 2.75) is 88.5 Å². The summed E-state index contributed by atoms with van der Waals surface area (Å²) in [5.41, 5.74) is 9.96. The van der Waals surface area contributed by atoms with Gasteiger partial charge < -0.3 is 33.4 Å². The van der Waals surface area contributed by atoms with Crippen LogP contribution in [0.3, 0.4) is 0 Å². The van der Waals surface area contributed by atoms with Crippen LogP contribution >= 0.6 is 21.6 Å². The summed E-state index contributed by atoms with van der Waals surface area (Å²) in [4.78, 5) is 29.2. The van der Waals surface area contributed by atoms with Crippen molar-refractivity contribution in [1.29, 1.82) is 0 Å². The van der Waals surface area contributed by atoms with Gasteiger partial charge in [0.15, 0.2) is 14.1 Å². The standard InChI is InChI=1S/C31H46F3N9O5S2Si/c1-29(2,3)51(8,9)47-15-23-22(46-19-40-41-35)13-24(48-23)43-14-21(25-26(39-18-42(6)7)37-17-38-27(25)43)11-10-12-45-20-49-50-30(4,5)16-36-28(44)31(32,33)34/h14,17-18,22-24H,12-13,15-16,19-20H2,1-9H3,(H,36,44)/b39-18+/t22?,23-,24-/m1/s1. The van der Waals surface area contributed by atoms with Crippen molar-refractivity contribution in [3.8, 4) is 11.8 Å². The Bertz CT molecular complexity index is 1630. The molecule has 51 heavy (non-hydrogen) atoms. The quantitative estimate of drug-likeness (QED) is 0.0184. The number of hydrogen-bond acceptors (Lipinski definition) is 11. The zero-order valence-corrected chi connectivity index (χ0v) is 32.9. The van der Waals surface area contributed by atoms with Crippen molar-refractivity contribution in [3.05, 3.63) is 28.5 Å². The van der Waals surface area contributed by atoms with Gasteiger partial charge in [0, 0.05) is 42.9 Å². The van der Waals surface area contributed by atoms with E-state index >= 15 is 0 Å². The van der Waals surface area contributed by atoms with Crippen molar-refractivity contribution in [3.63, 3.8) is 0 Å². The first kappa shape index (κ1) is 42.4. The van der Waals surface area contributed by atoms with Gasteiger partial charge in [0.1, 0.15) is 43.6 Å². The number of alkyl halides is 3. The van der Waals surface area contributed by atoms with Crippen molar-refractivity contribution < 1.29 is 36.6 Å². The summed E-state index contributed by atoms with van der Waals surface area (Å²) < 4.78 is 63.3. The molecule has 0 bridgehead atoms. The van der Waals surface area contributed by atoms with Crippen LogP contribution in [0.1, 0.15) is 52.8 Å². The molecular weight excluding hydrogens is 728 g/mol. The van der Waals surface area contributed by atoms with Gasteiger partial charge in [-0.25, -0.2) is 15.0 Å². The van der Waals surface area contributed by atoms with E-state index in [0.717, 1.165) is 0 Å².